The van der Waals surface area contributed by atoms with E-state index >= 15 is 0 Å². The van der Waals surface area contributed by atoms with Gasteiger partial charge in [0.05, 0.1) is 4.90 Å². The van der Waals surface area contributed by atoms with Crippen molar-refractivity contribution < 1.29 is 8.42 Å². The van der Waals surface area contributed by atoms with Gasteiger partial charge in [0.25, 0.3) is 0 Å². The van der Waals surface area contributed by atoms with Gasteiger partial charge in [-0.25, -0.2) is 13.1 Å². The number of hydrogen-bond acceptors (Lipinski definition) is 3. The number of rotatable bonds is 4. The summed E-state index contributed by atoms with van der Waals surface area (Å²) in [4.78, 5) is 11.6. The number of pyridine rings is 1. The molecule has 1 heterocycles. The molecule has 0 saturated heterocycles. The van der Waals surface area contributed by atoms with Crippen LogP contribution in [0.1, 0.15) is 31.9 Å². The number of sulfonamides is 1. The molecule has 0 spiro atoms. The van der Waals surface area contributed by atoms with Crippen LogP contribution < -0.4 is 10.3 Å². The molecule has 23 heavy (non-hydrogen) atoms. The summed E-state index contributed by atoms with van der Waals surface area (Å²) in [5.41, 5.74) is 1.65. The number of aromatic nitrogens is 1. The van der Waals surface area contributed by atoms with Crippen molar-refractivity contribution in [3.8, 4) is 0 Å². The average Bonchev–Trinajstić information content (AvgIpc) is 2.48. The number of nitrogens with zero attached hydrogens (tertiary/aromatic N) is 1. The molecule has 0 aliphatic rings. The van der Waals surface area contributed by atoms with Crippen LogP contribution in [0.15, 0.2) is 52.3 Å². The predicted molar refractivity (Wildman–Crippen MR) is 90.9 cm³/mol. The Morgan fingerprint density at radius 2 is 1.65 bits per heavy atom. The Morgan fingerprint density at radius 3 is 2.17 bits per heavy atom. The van der Waals surface area contributed by atoms with Crippen LogP contribution in [0, 0.1) is 0 Å². The quantitative estimate of drug-likeness (QED) is 0.931. The highest BCUT2D eigenvalue weighted by molar-refractivity contribution is 7.89. The highest BCUT2D eigenvalue weighted by atomic mass is 32.2. The summed E-state index contributed by atoms with van der Waals surface area (Å²) in [7, 11) is -1.95. The molecule has 0 atom stereocenters. The van der Waals surface area contributed by atoms with Gasteiger partial charge in [0.2, 0.25) is 15.6 Å². The van der Waals surface area contributed by atoms with Crippen LogP contribution in [-0.2, 0) is 29.0 Å². The summed E-state index contributed by atoms with van der Waals surface area (Å²) in [5.74, 6) is 0. The topological polar surface area (TPSA) is 68.2 Å². The first-order chi connectivity index (χ1) is 10.6. The van der Waals surface area contributed by atoms with Crippen molar-refractivity contribution in [2.45, 2.75) is 37.6 Å². The van der Waals surface area contributed by atoms with E-state index in [1.54, 1.807) is 31.4 Å². The van der Waals surface area contributed by atoms with Crippen molar-refractivity contribution in [3.63, 3.8) is 0 Å². The van der Waals surface area contributed by atoms with Crippen LogP contribution >= 0.6 is 0 Å². The maximum atomic E-state index is 12.3. The van der Waals surface area contributed by atoms with Crippen LogP contribution in [0.25, 0.3) is 0 Å². The first kappa shape index (κ1) is 17.4. The molecule has 6 heteroatoms. The van der Waals surface area contributed by atoms with E-state index in [9.17, 15) is 13.2 Å². The SMILES string of the molecule is Cn1cc(CNS(=O)(=O)c2ccc(C(C)(C)C)cc2)ccc1=O. The predicted octanol–water partition coefficient (Wildman–Crippen LogP) is 2.16. The van der Waals surface area contributed by atoms with Crippen LogP contribution in [0.5, 0.6) is 0 Å². The van der Waals surface area contributed by atoms with Gasteiger partial charge in [0, 0.05) is 25.9 Å². The van der Waals surface area contributed by atoms with Crippen LogP contribution in [0.3, 0.4) is 0 Å². The lowest BCUT2D eigenvalue weighted by atomic mass is 9.87. The lowest BCUT2D eigenvalue weighted by Crippen LogP contribution is -2.24. The van der Waals surface area contributed by atoms with E-state index in [1.807, 2.05) is 12.1 Å². The molecule has 2 aromatic rings. The molecule has 124 valence electrons. The van der Waals surface area contributed by atoms with Crippen molar-refractivity contribution >= 4 is 10.0 Å². The summed E-state index contributed by atoms with van der Waals surface area (Å²) in [6, 6.07) is 9.93. The van der Waals surface area contributed by atoms with Crippen LogP contribution in [0.2, 0.25) is 0 Å². The third kappa shape index (κ3) is 4.30. The molecule has 1 aromatic carbocycles. The summed E-state index contributed by atoms with van der Waals surface area (Å²) >= 11 is 0. The van der Waals surface area contributed by atoms with E-state index < -0.39 is 10.0 Å². The highest BCUT2D eigenvalue weighted by Crippen LogP contribution is 2.23. The van der Waals surface area contributed by atoms with E-state index in [4.69, 9.17) is 0 Å². The minimum atomic E-state index is -3.58. The van der Waals surface area contributed by atoms with E-state index in [0.717, 1.165) is 11.1 Å². The van der Waals surface area contributed by atoms with Crippen molar-refractivity contribution in [1.82, 2.24) is 9.29 Å². The largest absolute Gasteiger partial charge is 0.318 e. The van der Waals surface area contributed by atoms with Crippen molar-refractivity contribution in [2.75, 3.05) is 0 Å². The van der Waals surface area contributed by atoms with Crippen molar-refractivity contribution in [2.24, 2.45) is 7.05 Å². The maximum Gasteiger partial charge on any atom is 0.250 e. The zero-order chi connectivity index (χ0) is 17.3. The molecule has 0 amide bonds. The molecule has 0 aliphatic heterocycles. The molecule has 0 bridgehead atoms. The van der Waals surface area contributed by atoms with Gasteiger partial charge >= 0.3 is 0 Å². The molecular formula is C17H22N2O3S. The average molecular weight is 334 g/mol. The Morgan fingerprint density at radius 1 is 1.04 bits per heavy atom. The Labute approximate surface area is 137 Å². The first-order valence-electron chi connectivity index (χ1n) is 7.35. The molecule has 0 fully saturated rings. The Hall–Kier alpha value is -1.92. The van der Waals surface area contributed by atoms with Gasteiger partial charge in [-0.3, -0.25) is 4.79 Å². The zero-order valence-electron chi connectivity index (χ0n) is 13.8. The standard InChI is InChI=1S/C17H22N2O3S/c1-17(2,3)14-6-8-15(9-7-14)23(21,22)18-11-13-5-10-16(20)19(4)12-13/h5-10,12,18H,11H2,1-4H3. The first-order valence-corrected chi connectivity index (χ1v) is 8.84. The van der Waals surface area contributed by atoms with Gasteiger partial charge in [0.15, 0.2) is 0 Å². The second kappa shape index (κ2) is 6.29. The second-order valence-electron chi connectivity index (χ2n) is 6.59. The molecule has 0 saturated carbocycles. The molecule has 1 N–H and O–H groups in total. The van der Waals surface area contributed by atoms with Gasteiger partial charge in [0.1, 0.15) is 0 Å². The lowest BCUT2D eigenvalue weighted by Gasteiger charge is -2.19. The van der Waals surface area contributed by atoms with Gasteiger partial charge in [-0.2, -0.15) is 0 Å². The molecular weight excluding hydrogens is 312 g/mol. The van der Waals surface area contributed by atoms with E-state index in [-0.39, 0.29) is 22.4 Å². The van der Waals surface area contributed by atoms with Crippen molar-refractivity contribution in [3.05, 3.63) is 64.1 Å². The molecule has 0 radical (unpaired) electrons. The van der Waals surface area contributed by atoms with Gasteiger partial charge < -0.3 is 4.57 Å². The number of benzene rings is 1. The molecule has 5 nitrogen and oxygen atoms in total. The fourth-order valence-electron chi connectivity index (χ4n) is 2.15. The molecule has 0 aliphatic carbocycles. The molecule has 2 rings (SSSR count). The fourth-order valence-corrected chi connectivity index (χ4v) is 3.17. The molecule has 0 unspecified atom stereocenters. The monoisotopic (exact) mass is 334 g/mol. The normalized spacial score (nSPS) is 12.3. The van der Waals surface area contributed by atoms with E-state index in [1.165, 1.54) is 10.6 Å². The van der Waals surface area contributed by atoms with Crippen LogP contribution in [0.4, 0.5) is 0 Å². The Bertz CT molecular complexity index is 845. The highest BCUT2D eigenvalue weighted by Gasteiger charge is 2.17. The van der Waals surface area contributed by atoms with Gasteiger partial charge in [-0.1, -0.05) is 39.0 Å². The number of hydrogen-bond donors (Lipinski definition) is 1. The smallest absolute Gasteiger partial charge is 0.250 e. The fraction of sp³-hybridized carbons (Fsp3) is 0.353. The third-order valence-electron chi connectivity index (χ3n) is 3.64. The minimum Gasteiger partial charge on any atom is -0.318 e. The van der Waals surface area contributed by atoms with Crippen LogP contribution in [-0.4, -0.2) is 13.0 Å². The zero-order valence-corrected chi connectivity index (χ0v) is 14.6. The van der Waals surface area contributed by atoms with E-state index in [0.29, 0.717) is 0 Å². The molecule has 1 aromatic heterocycles. The van der Waals surface area contributed by atoms with Crippen molar-refractivity contribution in [1.29, 1.82) is 0 Å². The van der Waals surface area contributed by atoms with E-state index in [2.05, 4.69) is 25.5 Å². The third-order valence-corrected chi connectivity index (χ3v) is 5.06. The van der Waals surface area contributed by atoms with Gasteiger partial charge in [-0.05, 0) is 28.7 Å². The number of nitrogens with one attached hydrogen (secondary N) is 1. The summed E-state index contributed by atoms with van der Waals surface area (Å²) < 4.78 is 28.6. The number of aryl methyl sites for hydroxylation is 1. The van der Waals surface area contributed by atoms with Gasteiger partial charge in [-0.15, -0.1) is 0 Å². The Kier molecular flexibility index (Phi) is 4.77. The maximum absolute atomic E-state index is 12.3. The summed E-state index contributed by atoms with van der Waals surface area (Å²) in [6.45, 7) is 6.37. The lowest BCUT2D eigenvalue weighted by molar-refractivity contribution is 0.578. The summed E-state index contributed by atoms with van der Waals surface area (Å²) in [5, 5.41) is 0. The minimum absolute atomic E-state index is 0.0233. The second-order valence-corrected chi connectivity index (χ2v) is 8.35. The summed E-state index contributed by atoms with van der Waals surface area (Å²) in [6.07, 6.45) is 1.62. The Balaban J connectivity index is 2.15.